The molecule has 2 N–H and O–H groups in total. The Morgan fingerprint density at radius 2 is 1.86 bits per heavy atom. The second-order valence-corrected chi connectivity index (χ2v) is 7.01. The van der Waals surface area contributed by atoms with Crippen LogP contribution in [-0.4, -0.2) is 55.0 Å². The van der Waals surface area contributed by atoms with E-state index in [0.29, 0.717) is 23.6 Å². The number of amides is 1. The van der Waals surface area contributed by atoms with Gasteiger partial charge >= 0.3 is 0 Å². The van der Waals surface area contributed by atoms with Crippen molar-refractivity contribution < 1.29 is 9.53 Å². The minimum atomic E-state index is 0.0354. The van der Waals surface area contributed by atoms with Gasteiger partial charge in [-0.1, -0.05) is 49.4 Å². The molecule has 1 fully saturated rings. The van der Waals surface area contributed by atoms with Crippen LogP contribution in [0.15, 0.2) is 54.6 Å². The fraction of sp³-hybridized carbons (Fsp3) is 0.348. The van der Waals surface area contributed by atoms with E-state index < -0.39 is 0 Å². The van der Waals surface area contributed by atoms with Gasteiger partial charge in [0.1, 0.15) is 5.75 Å². The first kappa shape index (κ1) is 20.0. The highest BCUT2D eigenvalue weighted by Crippen LogP contribution is 2.23. The summed E-state index contributed by atoms with van der Waals surface area (Å²) in [5, 5.41) is 0. The molecule has 3 rings (SSSR count). The van der Waals surface area contributed by atoms with Gasteiger partial charge in [0.2, 0.25) is 0 Å². The molecule has 1 aliphatic rings. The van der Waals surface area contributed by atoms with Crippen LogP contribution in [-0.2, 0) is 0 Å². The molecule has 148 valence electrons. The van der Waals surface area contributed by atoms with Crippen LogP contribution in [0.5, 0.6) is 5.75 Å². The van der Waals surface area contributed by atoms with Gasteiger partial charge in [0.15, 0.2) is 0 Å². The summed E-state index contributed by atoms with van der Waals surface area (Å²) in [6.45, 7) is 6.77. The van der Waals surface area contributed by atoms with E-state index in [1.54, 1.807) is 18.2 Å². The number of hydrogen-bond donors (Lipinski definition) is 1. The molecule has 2 aromatic carbocycles. The van der Waals surface area contributed by atoms with Gasteiger partial charge in [0.05, 0.1) is 12.3 Å². The smallest absolute Gasteiger partial charge is 0.254 e. The topological polar surface area (TPSA) is 58.8 Å². The fourth-order valence-electron chi connectivity index (χ4n) is 3.24. The number of piperazine rings is 1. The van der Waals surface area contributed by atoms with E-state index >= 15 is 0 Å². The quantitative estimate of drug-likeness (QED) is 0.748. The number of nitrogen functional groups attached to an aromatic ring is 1. The zero-order chi connectivity index (χ0) is 19.8. The average Bonchev–Trinajstić information content (AvgIpc) is 2.73. The zero-order valence-electron chi connectivity index (χ0n) is 16.5. The van der Waals surface area contributed by atoms with Gasteiger partial charge < -0.3 is 15.4 Å². The van der Waals surface area contributed by atoms with Crippen LogP contribution in [0.3, 0.4) is 0 Å². The van der Waals surface area contributed by atoms with Crippen molar-refractivity contribution in [2.45, 2.75) is 13.3 Å². The molecule has 0 saturated carbocycles. The van der Waals surface area contributed by atoms with Gasteiger partial charge in [-0.3, -0.25) is 9.69 Å². The minimum absolute atomic E-state index is 0.0354. The predicted molar refractivity (Wildman–Crippen MR) is 114 cm³/mol. The molecule has 1 amide bonds. The van der Waals surface area contributed by atoms with Gasteiger partial charge in [-0.25, -0.2) is 0 Å². The summed E-state index contributed by atoms with van der Waals surface area (Å²) >= 11 is 0. The number of nitrogens with two attached hydrogens (primary N) is 1. The molecule has 0 atom stereocenters. The maximum atomic E-state index is 12.8. The van der Waals surface area contributed by atoms with Crippen LogP contribution in [0, 0.1) is 0 Å². The minimum Gasteiger partial charge on any atom is -0.491 e. The normalized spacial score (nSPS) is 15.1. The number of anilines is 1. The van der Waals surface area contributed by atoms with Gasteiger partial charge in [0, 0.05) is 38.3 Å². The van der Waals surface area contributed by atoms with Crippen LogP contribution in [0.2, 0.25) is 0 Å². The van der Waals surface area contributed by atoms with E-state index in [-0.39, 0.29) is 5.91 Å². The molecule has 0 bridgehead atoms. The Labute approximate surface area is 167 Å². The molecule has 0 spiro atoms. The first-order chi connectivity index (χ1) is 13.7. The summed E-state index contributed by atoms with van der Waals surface area (Å²) in [6, 6.07) is 15.6. The Balaban J connectivity index is 1.49. The Hall–Kier alpha value is -2.79. The van der Waals surface area contributed by atoms with Crippen molar-refractivity contribution in [3.63, 3.8) is 0 Å². The number of rotatable bonds is 7. The van der Waals surface area contributed by atoms with Crippen molar-refractivity contribution >= 4 is 17.7 Å². The molecule has 0 unspecified atom stereocenters. The molecule has 1 saturated heterocycles. The Morgan fingerprint density at radius 1 is 1.11 bits per heavy atom. The van der Waals surface area contributed by atoms with Crippen molar-refractivity contribution in [2.24, 2.45) is 0 Å². The summed E-state index contributed by atoms with van der Waals surface area (Å²) < 4.78 is 5.59. The highest BCUT2D eigenvalue weighted by Gasteiger charge is 2.22. The number of carbonyl (C=O) groups is 1. The van der Waals surface area contributed by atoms with Crippen molar-refractivity contribution in [1.82, 2.24) is 9.80 Å². The molecular formula is C23H29N3O2. The summed E-state index contributed by atoms with van der Waals surface area (Å²) in [4.78, 5) is 17.0. The maximum absolute atomic E-state index is 12.8. The van der Waals surface area contributed by atoms with Crippen LogP contribution >= 0.6 is 0 Å². The van der Waals surface area contributed by atoms with Crippen molar-refractivity contribution in [3.05, 3.63) is 65.7 Å². The van der Waals surface area contributed by atoms with Crippen LogP contribution in [0.4, 0.5) is 5.69 Å². The van der Waals surface area contributed by atoms with Gasteiger partial charge in [-0.05, 0) is 30.2 Å². The highest BCUT2D eigenvalue weighted by atomic mass is 16.5. The second-order valence-electron chi connectivity index (χ2n) is 7.01. The molecule has 1 heterocycles. The van der Waals surface area contributed by atoms with Crippen LogP contribution in [0.25, 0.3) is 6.08 Å². The fourth-order valence-corrected chi connectivity index (χ4v) is 3.24. The Bertz CT molecular complexity index is 797. The third-order valence-corrected chi connectivity index (χ3v) is 4.85. The number of ether oxygens (including phenoxy) is 1. The number of carbonyl (C=O) groups excluding carboxylic acids is 1. The monoisotopic (exact) mass is 379 g/mol. The van der Waals surface area contributed by atoms with Gasteiger partial charge in [-0.15, -0.1) is 0 Å². The average molecular weight is 380 g/mol. The van der Waals surface area contributed by atoms with Crippen molar-refractivity contribution in [1.29, 1.82) is 0 Å². The highest BCUT2D eigenvalue weighted by molar-refractivity contribution is 5.95. The van der Waals surface area contributed by atoms with E-state index in [0.717, 1.165) is 39.1 Å². The predicted octanol–water partition coefficient (Wildman–Crippen LogP) is 3.53. The number of nitrogens with zero attached hydrogens (tertiary/aromatic N) is 2. The standard InChI is InChI=1S/C23H29N3O2/c1-2-17-28-22-11-10-20(18-21(22)24)23(27)26-15-13-25(14-16-26)12-6-9-19-7-4-3-5-8-19/h3-11,18H,2,12-17,24H2,1H3/b9-6+. The van der Waals surface area contributed by atoms with E-state index in [4.69, 9.17) is 10.5 Å². The van der Waals surface area contributed by atoms with Crippen LogP contribution in [0.1, 0.15) is 29.3 Å². The number of benzene rings is 2. The summed E-state index contributed by atoms with van der Waals surface area (Å²) in [7, 11) is 0. The molecular weight excluding hydrogens is 350 g/mol. The Morgan fingerprint density at radius 3 is 2.54 bits per heavy atom. The lowest BCUT2D eigenvalue weighted by Crippen LogP contribution is -2.48. The lowest BCUT2D eigenvalue weighted by Gasteiger charge is -2.34. The SMILES string of the molecule is CCCOc1ccc(C(=O)N2CCN(C/C=C/c3ccccc3)CC2)cc1N. The van der Waals surface area contributed by atoms with Crippen LogP contribution < -0.4 is 10.5 Å². The largest absolute Gasteiger partial charge is 0.491 e. The first-order valence-corrected chi connectivity index (χ1v) is 9.93. The molecule has 0 aliphatic carbocycles. The van der Waals surface area contributed by atoms with E-state index in [2.05, 4.69) is 29.2 Å². The second kappa shape index (κ2) is 9.95. The van der Waals surface area contributed by atoms with E-state index in [1.165, 1.54) is 5.56 Å². The molecule has 0 radical (unpaired) electrons. The summed E-state index contributed by atoms with van der Waals surface area (Å²) in [5.74, 6) is 0.682. The summed E-state index contributed by atoms with van der Waals surface area (Å²) in [6.07, 6.45) is 5.25. The molecule has 2 aromatic rings. The zero-order valence-corrected chi connectivity index (χ0v) is 16.5. The third-order valence-electron chi connectivity index (χ3n) is 4.85. The van der Waals surface area contributed by atoms with E-state index in [9.17, 15) is 4.79 Å². The summed E-state index contributed by atoms with van der Waals surface area (Å²) in [5.41, 5.74) is 8.39. The lowest BCUT2D eigenvalue weighted by atomic mass is 10.1. The molecule has 28 heavy (non-hydrogen) atoms. The Kier molecular flexibility index (Phi) is 7.09. The molecule has 0 aromatic heterocycles. The first-order valence-electron chi connectivity index (χ1n) is 9.93. The van der Waals surface area contributed by atoms with Crippen molar-refractivity contribution in [2.75, 3.05) is 45.1 Å². The van der Waals surface area contributed by atoms with Crippen molar-refractivity contribution in [3.8, 4) is 5.75 Å². The van der Waals surface area contributed by atoms with Gasteiger partial charge in [-0.2, -0.15) is 0 Å². The number of hydrogen-bond acceptors (Lipinski definition) is 4. The molecule has 5 nitrogen and oxygen atoms in total. The third kappa shape index (κ3) is 5.36. The molecule has 5 heteroatoms. The maximum Gasteiger partial charge on any atom is 0.254 e. The van der Waals surface area contributed by atoms with E-state index in [1.807, 2.05) is 30.0 Å². The molecule has 1 aliphatic heterocycles. The van der Waals surface area contributed by atoms with Gasteiger partial charge in [0.25, 0.3) is 5.91 Å². The lowest BCUT2D eigenvalue weighted by molar-refractivity contribution is 0.0650.